The van der Waals surface area contributed by atoms with E-state index in [2.05, 4.69) is 44.5 Å². The van der Waals surface area contributed by atoms with Gasteiger partial charge in [0, 0.05) is 32.2 Å². The standard InChI is InChI=1S/C14H28N2O/c1-12(2)16-10-13(3,4)17-14(11-16)6-8-15(5)9-7-14/h12H,6-11H2,1-5H3. The lowest BCUT2D eigenvalue weighted by molar-refractivity contribution is -0.216. The highest BCUT2D eigenvalue weighted by atomic mass is 16.5. The average molecular weight is 240 g/mol. The third kappa shape index (κ3) is 3.01. The Balaban J connectivity index is 2.11. The van der Waals surface area contributed by atoms with Crippen molar-refractivity contribution in [2.24, 2.45) is 0 Å². The summed E-state index contributed by atoms with van der Waals surface area (Å²) in [5.41, 5.74) is 0.108. The van der Waals surface area contributed by atoms with Crippen LogP contribution in [0.4, 0.5) is 0 Å². The molecule has 0 aromatic heterocycles. The highest BCUT2D eigenvalue weighted by Crippen LogP contribution is 2.36. The minimum Gasteiger partial charge on any atom is -0.366 e. The summed E-state index contributed by atoms with van der Waals surface area (Å²) in [4.78, 5) is 5.00. The van der Waals surface area contributed by atoms with E-state index in [0.717, 1.165) is 13.1 Å². The van der Waals surface area contributed by atoms with E-state index in [1.165, 1.54) is 25.9 Å². The smallest absolute Gasteiger partial charge is 0.0841 e. The van der Waals surface area contributed by atoms with Crippen LogP contribution in [0.5, 0.6) is 0 Å². The third-order valence-electron chi connectivity index (χ3n) is 4.20. The summed E-state index contributed by atoms with van der Waals surface area (Å²) in [6.07, 6.45) is 2.35. The van der Waals surface area contributed by atoms with E-state index in [4.69, 9.17) is 4.74 Å². The molecule has 0 aromatic carbocycles. The van der Waals surface area contributed by atoms with Crippen LogP contribution >= 0.6 is 0 Å². The molecule has 2 fully saturated rings. The number of hydrogen-bond donors (Lipinski definition) is 0. The first-order valence-corrected chi connectivity index (χ1v) is 6.95. The Labute approximate surface area is 106 Å². The number of ether oxygens (including phenoxy) is 1. The molecule has 0 aromatic rings. The molecular formula is C14H28N2O. The van der Waals surface area contributed by atoms with E-state index in [1.54, 1.807) is 0 Å². The predicted octanol–water partition coefficient (Wildman–Crippen LogP) is 1.97. The SMILES string of the molecule is CC(C)N1CC(C)(C)OC2(CCN(C)CC2)C1. The molecule has 1 spiro atoms. The van der Waals surface area contributed by atoms with Crippen molar-refractivity contribution in [3.63, 3.8) is 0 Å². The molecule has 0 N–H and O–H groups in total. The zero-order valence-corrected chi connectivity index (χ0v) is 12.1. The molecule has 0 bridgehead atoms. The summed E-state index contributed by atoms with van der Waals surface area (Å²) < 4.78 is 6.46. The quantitative estimate of drug-likeness (QED) is 0.697. The lowest BCUT2D eigenvalue weighted by Crippen LogP contribution is -2.63. The van der Waals surface area contributed by atoms with Gasteiger partial charge in [-0.25, -0.2) is 0 Å². The molecule has 3 nitrogen and oxygen atoms in total. The van der Waals surface area contributed by atoms with Gasteiger partial charge in [-0.15, -0.1) is 0 Å². The second kappa shape index (κ2) is 4.52. The minimum absolute atomic E-state index is 0.00156. The van der Waals surface area contributed by atoms with Crippen molar-refractivity contribution in [3.8, 4) is 0 Å². The van der Waals surface area contributed by atoms with Crippen LogP contribution in [-0.4, -0.2) is 60.3 Å². The third-order valence-corrected chi connectivity index (χ3v) is 4.20. The Morgan fingerprint density at radius 1 is 1.06 bits per heavy atom. The number of likely N-dealkylation sites (tertiary alicyclic amines) is 1. The van der Waals surface area contributed by atoms with Gasteiger partial charge in [0.05, 0.1) is 11.2 Å². The van der Waals surface area contributed by atoms with E-state index in [9.17, 15) is 0 Å². The fourth-order valence-corrected chi connectivity index (χ4v) is 3.22. The lowest BCUT2D eigenvalue weighted by Gasteiger charge is -2.53. The fraction of sp³-hybridized carbons (Fsp3) is 1.00. The molecule has 2 rings (SSSR count). The Kier molecular flexibility index (Phi) is 3.54. The summed E-state index contributed by atoms with van der Waals surface area (Å²) in [7, 11) is 2.21. The van der Waals surface area contributed by atoms with Crippen molar-refractivity contribution in [3.05, 3.63) is 0 Å². The number of nitrogens with zero attached hydrogens (tertiary/aromatic N) is 2. The van der Waals surface area contributed by atoms with Crippen molar-refractivity contribution in [1.82, 2.24) is 9.80 Å². The molecule has 0 atom stereocenters. The minimum atomic E-state index is -0.00156. The summed E-state index contributed by atoms with van der Waals surface area (Å²) in [6.45, 7) is 13.6. The molecule has 0 saturated carbocycles. The van der Waals surface area contributed by atoms with Crippen molar-refractivity contribution in [2.75, 3.05) is 33.2 Å². The number of rotatable bonds is 1. The molecule has 0 radical (unpaired) electrons. The van der Waals surface area contributed by atoms with E-state index >= 15 is 0 Å². The molecule has 0 amide bonds. The van der Waals surface area contributed by atoms with Gasteiger partial charge in [-0.05, 0) is 47.6 Å². The largest absolute Gasteiger partial charge is 0.366 e. The van der Waals surface area contributed by atoms with Crippen molar-refractivity contribution >= 4 is 0 Å². The van der Waals surface area contributed by atoms with Gasteiger partial charge in [-0.1, -0.05) is 0 Å². The van der Waals surface area contributed by atoms with Crippen LogP contribution in [0, 0.1) is 0 Å². The van der Waals surface area contributed by atoms with E-state index < -0.39 is 0 Å². The van der Waals surface area contributed by atoms with E-state index in [0.29, 0.717) is 6.04 Å². The van der Waals surface area contributed by atoms with Crippen LogP contribution < -0.4 is 0 Å². The molecule has 0 unspecified atom stereocenters. The zero-order chi connectivity index (χ0) is 12.7. The first-order chi connectivity index (χ1) is 7.82. The number of hydrogen-bond acceptors (Lipinski definition) is 3. The number of morpholine rings is 1. The van der Waals surface area contributed by atoms with E-state index in [1.807, 2.05) is 0 Å². The first-order valence-electron chi connectivity index (χ1n) is 6.95. The van der Waals surface area contributed by atoms with Gasteiger partial charge in [0.15, 0.2) is 0 Å². The summed E-state index contributed by atoms with van der Waals surface area (Å²) in [5, 5.41) is 0. The van der Waals surface area contributed by atoms with Gasteiger partial charge >= 0.3 is 0 Å². The highest BCUT2D eigenvalue weighted by molar-refractivity contribution is 4.98. The zero-order valence-electron chi connectivity index (χ0n) is 12.1. The molecule has 3 heteroatoms. The Hall–Kier alpha value is -0.120. The maximum atomic E-state index is 6.46. The average Bonchev–Trinajstić information content (AvgIpc) is 2.20. The van der Waals surface area contributed by atoms with Crippen LogP contribution in [0.3, 0.4) is 0 Å². The van der Waals surface area contributed by atoms with Gasteiger partial charge in [-0.2, -0.15) is 0 Å². The van der Waals surface area contributed by atoms with Gasteiger partial charge in [0.2, 0.25) is 0 Å². The van der Waals surface area contributed by atoms with Gasteiger partial charge in [-0.3, -0.25) is 4.90 Å². The van der Waals surface area contributed by atoms with E-state index in [-0.39, 0.29) is 11.2 Å². The van der Waals surface area contributed by atoms with Gasteiger partial charge < -0.3 is 9.64 Å². The second-order valence-electron chi connectivity index (χ2n) is 6.85. The summed E-state index contributed by atoms with van der Waals surface area (Å²) >= 11 is 0. The van der Waals surface area contributed by atoms with Gasteiger partial charge in [0.1, 0.15) is 0 Å². The van der Waals surface area contributed by atoms with Crippen LogP contribution in [0.2, 0.25) is 0 Å². The highest BCUT2D eigenvalue weighted by Gasteiger charge is 2.45. The monoisotopic (exact) mass is 240 g/mol. The maximum absolute atomic E-state index is 6.46. The Morgan fingerprint density at radius 2 is 1.65 bits per heavy atom. The normalized spacial score (nSPS) is 30.0. The molecule has 2 aliphatic rings. The van der Waals surface area contributed by atoms with Crippen LogP contribution in [0.25, 0.3) is 0 Å². The van der Waals surface area contributed by atoms with Crippen LogP contribution in [0.15, 0.2) is 0 Å². The summed E-state index contributed by atoms with van der Waals surface area (Å²) in [5.74, 6) is 0. The predicted molar refractivity (Wildman–Crippen MR) is 71.3 cm³/mol. The number of piperidine rings is 1. The van der Waals surface area contributed by atoms with Crippen molar-refractivity contribution < 1.29 is 4.74 Å². The topological polar surface area (TPSA) is 15.7 Å². The molecule has 2 heterocycles. The molecule has 2 aliphatic heterocycles. The van der Waals surface area contributed by atoms with Crippen LogP contribution in [0.1, 0.15) is 40.5 Å². The van der Waals surface area contributed by atoms with Crippen LogP contribution in [-0.2, 0) is 4.74 Å². The maximum Gasteiger partial charge on any atom is 0.0841 e. The molecule has 2 saturated heterocycles. The van der Waals surface area contributed by atoms with Crippen molar-refractivity contribution in [1.29, 1.82) is 0 Å². The molecule has 17 heavy (non-hydrogen) atoms. The van der Waals surface area contributed by atoms with Crippen molar-refractivity contribution in [2.45, 2.75) is 57.8 Å². The summed E-state index contributed by atoms with van der Waals surface area (Å²) in [6, 6.07) is 0.620. The van der Waals surface area contributed by atoms with Gasteiger partial charge in [0.25, 0.3) is 0 Å². The lowest BCUT2D eigenvalue weighted by atomic mass is 9.86. The Morgan fingerprint density at radius 3 is 2.18 bits per heavy atom. The fourth-order valence-electron chi connectivity index (χ4n) is 3.22. The first kappa shape index (κ1) is 13.3. The second-order valence-corrected chi connectivity index (χ2v) is 6.85. The molecular weight excluding hydrogens is 212 g/mol. The molecule has 100 valence electrons. The Bertz CT molecular complexity index is 267. The molecule has 0 aliphatic carbocycles.